The van der Waals surface area contributed by atoms with Crippen molar-refractivity contribution in [1.82, 2.24) is 4.31 Å². The molecule has 0 aromatic heterocycles. The zero-order valence-electron chi connectivity index (χ0n) is 14.3. The number of carbonyl (C=O) groups is 1. The number of nitrogens with two attached hydrogens (primary N) is 1. The second-order valence-corrected chi connectivity index (χ2v) is 7.78. The fraction of sp³-hybridized carbons (Fsp3) is 0.562. The number of nitrogens with zero attached hydrogens (tertiary/aromatic N) is 1. The number of rotatable bonds is 7. The number of ether oxygens (including phenoxy) is 1. The first-order chi connectivity index (χ1) is 11.5. The molecule has 1 aliphatic heterocycles. The van der Waals surface area contributed by atoms with Gasteiger partial charge in [0.05, 0.1) is 17.4 Å². The van der Waals surface area contributed by atoms with E-state index < -0.39 is 10.0 Å². The molecule has 7 nitrogen and oxygen atoms in total. The number of halogens is 1. The van der Waals surface area contributed by atoms with Crippen molar-refractivity contribution in [2.45, 2.75) is 36.7 Å². The summed E-state index contributed by atoms with van der Waals surface area (Å²) in [7, 11) is -2.02. The van der Waals surface area contributed by atoms with E-state index in [1.165, 1.54) is 17.5 Å². The minimum Gasteiger partial charge on any atom is -0.380 e. The molecule has 1 aliphatic rings. The van der Waals surface area contributed by atoms with Crippen LogP contribution in [-0.2, 0) is 19.6 Å². The van der Waals surface area contributed by atoms with Crippen molar-refractivity contribution in [3.8, 4) is 0 Å². The number of piperidine rings is 1. The maximum absolute atomic E-state index is 12.7. The maximum atomic E-state index is 12.7. The van der Waals surface area contributed by atoms with Crippen LogP contribution in [0.25, 0.3) is 0 Å². The van der Waals surface area contributed by atoms with Crippen LogP contribution in [0.2, 0.25) is 0 Å². The Bertz CT molecular complexity index is 659. The van der Waals surface area contributed by atoms with E-state index in [-0.39, 0.29) is 42.3 Å². The Kier molecular flexibility index (Phi) is 8.81. The molecule has 0 spiro atoms. The predicted molar refractivity (Wildman–Crippen MR) is 99.4 cm³/mol. The van der Waals surface area contributed by atoms with Crippen LogP contribution in [0.4, 0.5) is 5.69 Å². The van der Waals surface area contributed by atoms with E-state index in [4.69, 9.17) is 10.5 Å². The first-order valence-corrected chi connectivity index (χ1v) is 9.54. The zero-order chi connectivity index (χ0) is 17.6. The van der Waals surface area contributed by atoms with Crippen molar-refractivity contribution in [2.24, 2.45) is 5.73 Å². The second-order valence-electron chi connectivity index (χ2n) is 5.84. The highest BCUT2D eigenvalue weighted by atomic mass is 35.5. The Morgan fingerprint density at radius 3 is 2.60 bits per heavy atom. The van der Waals surface area contributed by atoms with Gasteiger partial charge >= 0.3 is 0 Å². The van der Waals surface area contributed by atoms with Crippen molar-refractivity contribution in [2.75, 3.05) is 32.1 Å². The van der Waals surface area contributed by atoms with Crippen LogP contribution in [0, 0.1) is 0 Å². The van der Waals surface area contributed by atoms with Crippen LogP contribution in [0.1, 0.15) is 25.7 Å². The van der Waals surface area contributed by atoms with Gasteiger partial charge in [-0.05, 0) is 31.0 Å². The molecule has 1 aromatic rings. The molecule has 1 saturated heterocycles. The Morgan fingerprint density at radius 1 is 1.32 bits per heavy atom. The average molecular weight is 392 g/mol. The summed E-state index contributed by atoms with van der Waals surface area (Å²) in [4.78, 5) is 12.2. The molecule has 0 saturated carbocycles. The first kappa shape index (κ1) is 21.9. The van der Waals surface area contributed by atoms with Crippen molar-refractivity contribution >= 4 is 34.0 Å². The third kappa shape index (κ3) is 5.93. The van der Waals surface area contributed by atoms with Crippen molar-refractivity contribution in [3.05, 3.63) is 24.3 Å². The molecule has 1 unspecified atom stereocenters. The lowest BCUT2D eigenvalue weighted by Gasteiger charge is -2.26. The summed E-state index contributed by atoms with van der Waals surface area (Å²) >= 11 is 0. The number of benzene rings is 1. The van der Waals surface area contributed by atoms with Gasteiger partial charge in [-0.25, -0.2) is 8.42 Å². The molecule has 1 aromatic carbocycles. The van der Waals surface area contributed by atoms with Gasteiger partial charge in [0.1, 0.15) is 0 Å². The van der Waals surface area contributed by atoms with E-state index in [2.05, 4.69) is 5.32 Å². The Morgan fingerprint density at radius 2 is 2.00 bits per heavy atom. The lowest BCUT2D eigenvalue weighted by molar-refractivity contribution is -0.118. The van der Waals surface area contributed by atoms with Gasteiger partial charge < -0.3 is 15.8 Å². The van der Waals surface area contributed by atoms with E-state index in [0.717, 1.165) is 19.3 Å². The second kappa shape index (κ2) is 10.1. The van der Waals surface area contributed by atoms with E-state index in [1.54, 1.807) is 18.2 Å². The number of hydrogen-bond acceptors (Lipinski definition) is 5. The van der Waals surface area contributed by atoms with Gasteiger partial charge in [0.2, 0.25) is 15.9 Å². The fourth-order valence-electron chi connectivity index (χ4n) is 2.67. The zero-order valence-corrected chi connectivity index (χ0v) is 15.9. The molecule has 1 atom stereocenters. The lowest BCUT2D eigenvalue weighted by atomic mass is 10.2. The smallest absolute Gasteiger partial charge is 0.243 e. The van der Waals surface area contributed by atoms with Gasteiger partial charge in [-0.15, -0.1) is 12.4 Å². The van der Waals surface area contributed by atoms with E-state index in [9.17, 15) is 13.2 Å². The molecular weight excluding hydrogens is 366 g/mol. The number of anilines is 1. The number of sulfonamides is 1. The minimum atomic E-state index is -3.52. The minimum absolute atomic E-state index is 0. The Labute approximate surface area is 155 Å². The molecule has 1 fully saturated rings. The maximum Gasteiger partial charge on any atom is 0.243 e. The van der Waals surface area contributed by atoms with Gasteiger partial charge in [0.15, 0.2) is 0 Å². The number of carbonyl (C=O) groups excluding carboxylic acids is 1. The number of hydrogen-bond donors (Lipinski definition) is 2. The molecule has 9 heteroatoms. The van der Waals surface area contributed by atoms with E-state index in [1.807, 2.05) is 0 Å². The fourth-order valence-corrected chi connectivity index (χ4v) is 4.23. The quantitative estimate of drug-likeness (QED) is 0.734. The molecule has 25 heavy (non-hydrogen) atoms. The number of nitrogens with one attached hydrogen (secondary N) is 1. The summed E-state index contributed by atoms with van der Waals surface area (Å²) in [6.07, 6.45) is 2.59. The lowest BCUT2D eigenvalue weighted by Crippen LogP contribution is -2.35. The van der Waals surface area contributed by atoms with Crippen molar-refractivity contribution in [1.29, 1.82) is 0 Å². The highest BCUT2D eigenvalue weighted by Gasteiger charge is 2.26. The van der Waals surface area contributed by atoms with E-state index in [0.29, 0.717) is 18.8 Å². The van der Waals surface area contributed by atoms with Gasteiger partial charge in [-0.2, -0.15) is 4.31 Å². The van der Waals surface area contributed by atoms with Gasteiger partial charge in [-0.1, -0.05) is 12.5 Å². The molecular formula is C16H26ClN3O4S. The van der Waals surface area contributed by atoms with Crippen LogP contribution in [0.15, 0.2) is 29.2 Å². The average Bonchev–Trinajstić information content (AvgIpc) is 2.60. The summed E-state index contributed by atoms with van der Waals surface area (Å²) in [5.74, 6) is -0.264. The number of amides is 1. The van der Waals surface area contributed by atoms with Gasteiger partial charge in [0.25, 0.3) is 0 Å². The summed E-state index contributed by atoms with van der Waals surface area (Å²) in [6, 6.07) is 6.34. The third-order valence-corrected chi connectivity index (χ3v) is 5.97. The highest BCUT2D eigenvalue weighted by molar-refractivity contribution is 7.89. The van der Waals surface area contributed by atoms with Crippen LogP contribution < -0.4 is 11.1 Å². The van der Waals surface area contributed by atoms with Crippen LogP contribution in [0.3, 0.4) is 0 Å². The van der Waals surface area contributed by atoms with E-state index >= 15 is 0 Å². The predicted octanol–water partition coefficient (Wildman–Crippen LogP) is 1.59. The highest BCUT2D eigenvalue weighted by Crippen LogP contribution is 2.23. The van der Waals surface area contributed by atoms with Gasteiger partial charge in [0, 0.05) is 32.4 Å². The largest absolute Gasteiger partial charge is 0.380 e. The summed E-state index contributed by atoms with van der Waals surface area (Å²) in [5.41, 5.74) is 5.95. The first-order valence-electron chi connectivity index (χ1n) is 8.10. The molecule has 0 bridgehead atoms. The topological polar surface area (TPSA) is 102 Å². The number of methoxy groups -OCH3 is 1. The normalized spacial score (nSPS) is 16.7. The Hall–Kier alpha value is -1.19. The summed E-state index contributed by atoms with van der Waals surface area (Å²) < 4.78 is 31.9. The molecule has 1 amide bonds. The van der Waals surface area contributed by atoms with Crippen molar-refractivity contribution in [3.63, 3.8) is 0 Å². The summed E-state index contributed by atoms with van der Waals surface area (Å²) in [6.45, 7) is 1.34. The molecule has 3 N–H and O–H groups in total. The SMILES string of the molecule is COC(CN)CC(=O)Nc1cccc(S(=O)(=O)N2CCCCC2)c1.Cl. The Balaban J connectivity index is 0.00000312. The van der Waals surface area contributed by atoms with Crippen LogP contribution >= 0.6 is 12.4 Å². The van der Waals surface area contributed by atoms with Gasteiger partial charge in [-0.3, -0.25) is 4.79 Å². The third-order valence-electron chi connectivity index (χ3n) is 4.08. The van der Waals surface area contributed by atoms with Crippen LogP contribution in [-0.4, -0.2) is 51.5 Å². The van der Waals surface area contributed by atoms with Crippen LogP contribution in [0.5, 0.6) is 0 Å². The summed E-state index contributed by atoms with van der Waals surface area (Å²) in [5, 5.41) is 2.70. The molecule has 0 aliphatic carbocycles. The van der Waals surface area contributed by atoms with Crippen molar-refractivity contribution < 1.29 is 17.9 Å². The molecule has 2 rings (SSSR count). The molecule has 1 heterocycles. The molecule has 142 valence electrons. The monoisotopic (exact) mass is 391 g/mol. The standard InChI is InChI=1S/C16H25N3O4S.ClH/c1-23-14(12-17)11-16(20)18-13-6-5-7-15(10-13)24(21,22)19-8-3-2-4-9-19;/h5-7,10,14H,2-4,8-9,11-12,17H2,1H3,(H,18,20);1H. The molecule has 0 radical (unpaired) electrons.